The first kappa shape index (κ1) is 29.3. The van der Waals surface area contributed by atoms with Crippen molar-refractivity contribution in [1.29, 1.82) is 0 Å². The number of nitrogens with zero attached hydrogens (tertiary/aromatic N) is 1. The number of carbonyl (C=O) groups is 3. The lowest BCUT2D eigenvalue weighted by Gasteiger charge is -2.27. The summed E-state index contributed by atoms with van der Waals surface area (Å²) in [5, 5.41) is 12.5. The van der Waals surface area contributed by atoms with Gasteiger partial charge >= 0.3 is 5.97 Å². The summed E-state index contributed by atoms with van der Waals surface area (Å²) in [6.45, 7) is 12.0. The number of esters is 1. The first-order valence-corrected chi connectivity index (χ1v) is 12.9. The Morgan fingerprint density at radius 3 is 2.42 bits per heavy atom. The number of nitrogens with one attached hydrogen (secondary N) is 1. The minimum atomic E-state index is -0.571. The lowest BCUT2D eigenvalue weighted by molar-refractivity contribution is -0.150. The Balaban J connectivity index is 1.98. The highest BCUT2D eigenvalue weighted by molar-refractivity contribution is 5.86. The standard InChI is InChI=1S/C29H42N2O5/c1-5-11-23(18-27(33)31-16-10-15-25(31)19-32)28(34)30-26(21(3)4)20-36-29(35)24(12-6-2)17-22-13-8-7-9-14-22/h5-9,13-14,21,23-26,32H,1-2,10-12,15-20H2,3-4H3,(H,30,34)/t23-,24+,25-,26+/m0/s1. The Kier molecular flexibility index (Phi) is 12.4. The molecule has 2 N–H and O–H groups in total. The highest BCUT2D eigenvalue weighted by Gasteiger charge is 2.32. The topological polar surface area (TPSA) is 95.9 Å². The molecule has 1 aliphatic heterocycles. The Hall–Kier alpha value is -2.93. The molecule has 0 saturated carbocycles. The maximum atomic E-state index is 13.1. The van der Waals surface area contributed by atoms with Gasteiger partial charge in [-0.25, -0.2) is 0 Å². The number of benzene rings is 1. The highest BCUT2D eigenvalue weighted by atomic mass is 16.5. The van der Waals surface area contributed by atoms with Crippen molar-refractivity contribution in [1.82, 2.24) is 10.2 Å². The normalized spacial score (nSPS) is 17.8. The molecular weight excluding hydrogens is 456 g/mol. The van der Waals surface area contributed by atoms with Crippen LogP contribution in [0.1, 0.15) is 51.5 Å². The molecule has 1 aromatic rings. The van der Waals surface area contributed by atoms with Gasteiger partial charge in [0.2, 0.25) is 11.8 Å². The number of amides is 2. The van der Waals surface area contributed by atoms with Crippen LogP contribution in [0.4, 0.5) is 0 Å². The third-order valence-corrected chi connectivity index (χ3v) is 6.80. The summed E-state index contributed by atoms with van der Waals surface area (Å²) in [7, 11) is 0. The van der Waals surface area contributed by atoms with E-state index in [0.717, 1.165) is 18.4 Å². The highest BCUT2D eigenvalue weighted by Crippen LogP contribution is 2.21. The van der Waals surface area contributed by atoms with Crippen molar-refractivity contribution in [2.24, 2.45) is 17.8 Å². The minimum Gasteiger partial charge on any atom is -0.463 e. The molecule has 1 heterocycles. The Morgan fingerprint density at radius 1 is 1.14 bits per heavy atom. The Bertz CT molecular complexity index is 870. The number of rotatable bonds is 15. The van der Waals surface area contributed by atoms with Gasteiger partial charge in [0.15, 0.2) is 0 Å². The maximum Gasteiger partial charge on any atom is 0.309 e. The average molecular weight is 499 g/mol. The van der Waals surface area contributed by atoms with E-state index in [9.17, 15) is 19.5 Å². The maximum absolute atomic E-state index is 13.1. The first-order chi connectivity index (χ1) is 17.3. The third-order valence-electron chi connectivity index (χ3n) is 6.80. The van der Waals surface area contributed by atoms with Gasteiger partial charge < -0.3 is 20.1 Å². The van der Waals surface area contributed by atoms with Gasteiger partial charge in [0.1, 0.15) is 6.61 Å². The van der Waals surface area contributed by atoms with Gasteiger partial charge in [0, 0.05) is 13.0 Å². The SMILES string of the molecule is C=CC[C@@H](CC(=O)N1CCC[C@H]1CO)C(=O)N[C@H](COC(=O)[C@H](CC=C)Cc1ccccc1)C(C)C. The fourth-order valence-electron chi connectivity index (χ4n) is 4.52. The summed E-state index contributed by atoms with van der Waals surface area (Å²) in [6.07, 6.45) is 6.45. The van der Waals surface area contributed by atoms with Crippen LogP contribution in [0.25, 0.3) is 0 Å². The van der Waals surface area contributed by atoms with Gasteiger partial charge in [0.25, 0.3) is 0 Å². The molecule has 7 nitrogen and oxygen atoms in total. The van der Waals surface area contributed by atoms with E-state index in [1.54, 1.807) is 17.1 Å². The van der Waals surface area contributed by atoms with Crippen LogP contribution in [0.15, 0.2) is 55.6 Å². The average Bonchev–Trinajstić information content (AvgIpc) is 3.35. The molecule has 1 saturated heterocycles. The third kappa shape index (κ3) is 8.94. The van der Waals surface area contributed by atoms with Crippen LogP contribution in [-0.2, 0) is 25.5 Å². The number of aliphatic hydroxyl groups is 1. The van der Waals surface area contributed by atoms with E-state index in [4.69, 9.17) is 4.74 Å². The van der Waals surface area contributed by atoms with Gasteiger partial charge in [-0.2, -0.15) is 0 Å². The Labute approximate surface area is 215 Å². The second kappa shape index (κ2) is 15.2. The molecule has 0 unspecified atom stereocenters. The lowest BCUT2D eigenvalue weighted by Crippen LogP contribution is -2.46. The number of ether oxygens (including phenoxy) is 1. The second-order valence-electron chi connectivity index (χ2n) is 9.89. The summed E-state index contributed by atoms with van der Waals surface area (Å²) in [4.78, 5) is 40.5. The molecule has 198 valence electrons. The van der Waals surface area contributed by atoms with Gasteiger partial charge in [-0.1, -0.05) is 56.3 Å². The fourth-order valence-corrected chi connectivity index (χ4v) is 4.52. The van der Waals surface area contributed by atoms with Crippen LogP contribution in [0.5, 0.6) is 0 Å². The van der Waals surface area contributed by atoms with Crippen LogP contribution < -0.4 is 5.32 Å². The van der Waals surface area contributed by atoms with Crippen LogP contribution in [-0.4, -0.2) is 59.6 Å². The number of carbonyl (C=O) groups excluding carboxylic acids is 3. The van der Waals surface area contributed by atoms with Crippen molar-refractivity contribution in [3.8, 4) is 0 Å². The number of hydrogen-bond acceptors (Lipinski definition) is 5. The zero-order valence-corrected chi connectivity index (χ0v) is 21.7. The largest absolute Gasteiger partial charge is 0.463 e. The first-order valence-electron chi connectivity index (χ1n) is 12.9. The minimum absolute atomic E-state index is 0.0196. The number of allylic oxidation sites excluding steroid dienone is 2. The molecule has 1 aliphatic rings. The van der Waals surface area contributed by atoms with E-state index in [-0.39, 0.29) is 61.3 Å². The van der Waals surface area contributed by atoms with E-state index in [1.807, 2.05) is 44.2 Å². The molecular formula is C29H42N2O5. The summed E-state index contributed by atoms with van der Waals surface area (Å²) in [5.41, 5.74) is 1.05. The molecule has 7 heteroatoms. The second-order valence-corrected chi connectivity index (χ2v) is 9.89. The Morgan fingerprint density at radius 2 is 1.81 bits per heavy atom. The molecule has 0 aliphatic carbocycles. The lowest BCUT2D eigenvalue weighted by atomic mass is 9.96. The molecule has 4 atom stereocenters. The molecule has 1 fully saturated rings. The molecule has 0 aromatic heterocycles. The monoisotopic (exact) mass is 498 g/mol. The molecule has 0 bridgehead atoms. The zero-order valence-electron chi connectivity index (χ0n) is 21.7. The number of likely N-dealkylation sites (tertiary alicyclic amines) is 1. The molecule has 36 heavy (non-hydrogen) atoms. The predicted octanol–water partition coefficient (Wildman–Crippen LogP) is 3.67. The van der Waals surface area contributed by atoms with Crippen LogP contribution in [0.3, 0.4) is 0 Å². The zero-order chi connectivity index (χ0) is 26.5. The van der Waals surface area contributed by atoms with E-state index in [2.05, 4.69) is 18.5 Å². The van der Waals surface area contributed by atoms with Crippen molar-refractivity contribution in [2.45, 2.75) is 64.5 Å². The van der Waals surface area contributed by atoms with E-state index < -0.39 is 5.92 Å². The van der Waals surface area contributed by atoms with Gasteiger partial charge in [-0.05, 0) is 43.6 Å². The van der Waals surface area contributed by atoms with E-state index in [1.165, 1.54) is 0 Å². The van der Waals surface area contributed by atoms with E-state index >= 15 is 0 Å². The van der Waals surface area contributed by atoms with E-state index in [0.29, 0.717) is 25.8 Å². The molecule has 1 aromatic carbocycles. The quantitative estimate of drug-likeness (QED) is 0.284. The summed E-state index contributed by atoms with van der Waals surface area (Å²) < 4.78 is 5.66. The van der Waals surface area contributed by atoms with Crippen molar-refractivity contribution in [2.75, 3.05) is 19.8 Å². The van der Waals surface area contributed by atoms with Crippen molar-refractivity contribution in [3.05, 3.63) is 61.2 Å². The van der Waals surface area contributed by atoms with Gasteiger partial charge in [0.05, 0.1) is 30.5 Å². The van der Waals surface area contributed by atoms with Crippen molar-refractivity contribution < 1.29 is 24.2 Å². The van der Waals surface area contributed by atoms with Gasteiger partial charge in [-0.3, -0.25) is 14.4 Å². The van der Waals surface area contributed by atoms with Crippen LogP contribution in [0, 0.1) is 17.8 Å². The van der Waals surface area contributed by atoms with Crippen molar-refractivity contribution >= 4 is 17.8 Å². The van der Waals surface area contributed by atoms with Gasteiger partial charge in [-0.15, -0.1) is 13.2 Å². The summed E-state index contributed by atoms with van der Waals surface area (Å²) >= 11 is 0. The molecule has 0 radical (unpaired) electrons. The smallest absolute Gasteiger partial charge is 0.309 e. The molecule has 2 amide bonds. The predicted molar refractivity (Wildman–Crippen MR) is 141 cm³/mol. The fraction of sp³-hybridized carbons (Fsp3) is 0.552. The van der Waals surface area contributed by atoms with Crippen LogP contribution >= 0.6 is 0 Å². The van der Waals surface area contributed by atoms with Crippen LogP contribution in [0.2, 0.25) is 0 Å². The summed E-state index contributed by atoms with van der Waals surface area (Å²) in [5.74, 6) is -1.61. The molecule has 0 spiro atoms. The summed E-state index contributed by atoms with van der Waals surface area (Å²) in [6, 6.07) is 9.21. The number of hydrogen-bond donors (Lipinski definition) is 2. The molecule has 2 rings (SSSR count). The number of aliphatic hydroxyl groups excluding tert-OH is 1. The van der Waals surface area contributed by atoms with Crippen molar-refractivity contribution in [3.63, 3.8) is 0 Å².